The van der Waals surface area contributed by atoms with E-state index in [1.807, 2.05) is 24.3 Å². The van der Waals surface area contributed by atoms with Gasteiger partial charge in [-0.2, -0.15) is 0 Å². The van der Waals surface area contributed by atoms with E-state index < -0.39 is 17.9 Å². The van der Waals surface area contributed by atoms with Crippen LogP contribution in [0.3, 0.4) is 0 Å². The van der Waals surface area contributed by atoms with Crippen LogP contribution in [0.15, 0.2) is 66.7 Å². The van der Waals surface area contributed by atoms with Gasteiger partial charge < -0.3 is 15.5 Å². The molecule has 1 unspecified atom stereocenters. The number of carboxylic acids is 1. The van der Waals surface area contributed by atoms with Crippen LogP contribution < -0.4 is 10.2 Å². The Hall–Kier alpha value is -3.88. The van der Waals surface area contributed by atoms with E-state index in [1.165, 1.54) is 0 Å². The molecule has 3 atom stereocenters. The number of nitrogens with one attached hydrogen (secondary N) is 1. The molecular weight excluding hydrogens is 518 g/mol. The van der Waals surface area contributed by atoms with Gasteiger partial charge in [0.05, 0.1) is 16.6 Å². The molecule has 0 aliphatic carbocycles. The number of halogens is 1. The van der Waals surface area contributed by atoms with E-state index in [0.29, 0.717) is 16.8 Å². The molecule has 0 saturated carbocycles. The number of nitrogens with zero attached hydrogens (tertiary/aromatic N) is 2. The summed E-state index contributed by atoms with van der Waals surface area (Å²) in [5.41, 5.74) is 3.23. The van der Waals surface area contributed by atoms with Crippen molar-refractivity contribution in [1.29, 1.82) is 0 Å². The fourth-order valence-corrected chi connectivity index (χ4v) is 5.88. The first-order chi connectivity index (χ1) is 18.7. The number of hydrogen-bond acceptors (Lipinski definition) is 5. The number of carboxylic acid groups (broad SMARTS) is 1. The number of fused-ring (bicyclic) bond motifs is 1. The van der Waals surface area contributed by atoms with E-state index in [-0.39, 0.29) is 40.9 Å². The predicted octanol–water partition coefficient (Wildman–Crippen LogP) is 4.68. The first-order valence-corrected chi connectivity index (χ1v) is 13.4. The van der Waals surface area contributed by atoms with Gasteiger partial charge in [0.2, 0.25) is 5.91 Å². The fraction of sp³-hybridized carbons (Fsp3) is 0.300. The molecule has 39 heavy (non-hydrogen) atoms. The lowest BCUT2D eigenvalue weighted by atomic mass is 10.0. The maximum atomic E-state index is 13.6. The Balaban J connectivity index is 1.37. The lowest BCUT2D eigenvalue weighted by Crippen LogP contribution is -2.42. The smallest absolute Gasteiger partial charge is 0.326 e. The standard InChI is InChI=1S/C30H30ClN3O5/c1-18-5-4-6-23(31)26(18)27(36)32-24(30(38)39)17-19-8-12-21(13-9-19)34-28(20-10-14-22(35)15-11-20)33-16-3-2-7-25(33)29(34)37/h4-6,8-15,24-25,28,35H,2-3,7,16-17H2,1H3,(H,32,36)(H,38,39)/t24-,25-,28?/m0/s1. The van der Waals surface area contributed by atoms with Gasteiger partial charge in [-0.3, -0.25) is 19.4 Å². The molecule has 0 aromatic heterocycles. The van der Waals surface area contributed by atoms with Crippen LogP contribution in [0, 0.1) is 6.92 Å². The monoisotopic (exact) mass is 547 g/mol. The molecule has 9 heteroatoms. The molecule has 0 bridgehead atoms. The Labute approximate surface area is 231 Å². The topological polar surface area (TPSA) is 110 Å². The van der Waals surface area contributed by atoms with E-state index in [2.05, 4.69) is 10.2 Å². The number of anilines is 1. The third kappa shape index (κ3) is 5.35. The predicted molar refractivity (Wildman–Crippen MR) is 148 cm³/mol. The first-order valence-electron chi connectivity index (χ1n) is 13.0. The summed E-state index contributed by atoms with van der Waals surface area (Å²) in [6.07, 6.45) is 2.58. The van der Waals surface area contributed by atoms with E-state index in [9.17, 15) is 24.6 Å². The second-order valence-electron chi connectivity index (χ2n) is 10.1. The Morgan fingerprint density at radius 1 is 1.05 bits per heavy atom. The number of rotatable bonds is 7. The molecule has 3 aromatic rings. The third-order valence-electron chi connectivity index (χ3n) is 7.52. The van der Waals surface area contributed by atoms with Crippen molar-refractivity contribution in [1.82, 2.24) is 10.2 Å². The van der Waals surface area contributed by atoms with Gasteiger partial charge in [-0.15, -0.1) is 0 Å². The molecule has 202 valence electrons. The van der Waals surface area contributed by atoms with Gasteiger partial charge in [-0.05, 0) is 66.8 Å². The van der Waals surface area contributed by atoms with Gasteiger partial charge >= 0.3 is 5.97 Å². The van der Waals surface area contributed by atoms with Gasteiger partial charge in [0.1, 0.15) is 18.0 Å². The van der Waals surface area contributed by atoms with Gasteiger partial charge in [0.15, 0.2) is 0 Å². The summed E-state index contributed by atoms with van der Waals surface area (Å²) in [5, 5.41) is 22.4. The highest BCUT2D eigenvalue weighted by Gasteiger charge is 2.48. The zero-order chi connectivity index (χ0) is 27.7. The molecule has 8 nitrogen and oxygen atoms in total. The maximum Gasteiger partial charge on any atom is 0.326 e. The number of phenolic OH excluding ortho intramolecular Hbond substituents is 1. The zero-order valence-corrected chi connectivity index (χ0v) is 22.3. The van der Waals surface area contributed by atoms with E-state index in [1.54, 1.807) is 54.3 Å². The van der Waals surface area contributed by atoms with E-state index >= 15 is 0 Å². The number of benzene rings is 3. The molecule has 5 rings (SSSR count). The molecule has 0 spiro atoms. The van der Waals surface area contributed by atoms with Crippen LogP contribution in [0.5, 0.6) is 5.75 Å². The summed E-state index contributed by atoms with van der Waals surface area (Å²) in [6.45, 7) is 2.55. The van der Waals surface area contributed by atoms with Crippen LogP contribution in [0.2, 0.25) is 5.02 Å². The van der Waals surface area contributed by atoms with Crippen molar-refractivity contribution in [3.63, 3.8) is 0 Å². The maximum absolute atomic E-state index is 13.6. The van der Waals surface area contributed by atoms with Crippen molar-refractivity contribution < 1.29 is 24.6 Å². The highest BCUT2D eigenvalue weighted by Crippen LogP contribution is 2.42. The minimum Gasteiger partial charge on any atom is -0.508 e. The highest BCUT2D eigenvalue weighted by molar-refractivity contribution is 6.34. The van der Waals surface area contributed by atoms with Crippen molar-refractivity contribution >= 4 is 35.1 Å². The average molecular weight is 548 g/mol. The summed E-state index contributed by atoms with van der Waals surface area (Å²) in [5.74, 6) is -1.50. The zero-order valence-electron chi connectivity index (χ0n) is 21.5. The van der Waals surface area contributed by atoms with E-state index in [4.69, 9.17) is 11.6 Å². The Kier molecular flexibility index (Phi) is 7.59. The van der Waals surface area contributed by atoms with E-state index in [0.717, 1.165) is 31.4 Å². The van der Waals surface area contributed by atoms with Crippen molar-refractivity contribution in [2.45, 2.75) is 50.9 Å². The molecule has 2 amide bonds. The lowest BCUT2D eigenvalue weighted by molar-refractivity contribution is -0.139. The lowest BCUT2D eigenvalue weighted by Gasteiger charge is -2.33. The first kappa shape index (κ1) is 26.7. The van der Waals surface area contributed by atoms with Crippen molar-refractivity contribution in [3.05, 3.63) is 94.0 Å². The summed E-state index contributed by atoms with van der Waals surface area (Å²) in [6, 6.07) is 17.9. The molecular formula is C30H30ClN3O5. The number of phenols is 1. The second kappa shape index (κ2) is 11.1. The number of piperidine rings is 1. The largest absolute Gasteiger partial charge is 0.508 e. The van der Waals surface area contributed by atoms with Gasteiger partial charge in [-0.25, -0.2) is 4.79 Å². The Bertz CT molecular complexity index is 1370. The van der Waals surface area contributed by atoms with Crippen molar-refractivity contribution in [2.75, 3.05) is 11.4 Å². The summed E-state index contributed by atoms with van der Waals surface area (Å²) < 4.78 is 0. The van der Waals surface area contributed by atoms with Gasteiger partial charge in [0, 0.05) is 18.7 Å². The summed E-state index contributed by atoms with van der Waals surface area (Å²) in [4.78, 5) is 42.4. The second-order valence-corrected chi connectivity index (χ2v) is 10.5. The highest BCUT2D eigenvalue weighted by atomic mass is 35.5. The number of carbonyl (C=O) groups excluding carboxylic acids is 2. The van der Waals surface area contributed by atoms with Gasteiger partial charge in [0.25, 0.3) is 5.91 Å². The molecule has 0 radical (unpaired) electrons. The molecule has 3 aromatic carbocycles. The summed E-state index contributed by atoms with van der Waals surface area (Å²) >= 11 is 6.19. The number of amides is 2. The molecule has 2 heterocycles. The third-order valence-corrected chi connectivity index (χ3v) is 7.84. The average Bonchev–Trinajstić information content (AvgIpc) is 3.21. The van der Waals surface area contributed by atoms with Crippen LogP contribution in [-0.4, -0.2) is 51.5 Å². The van der Waals surface area contributed by atoms with Crippen LogP contribution in [0.25, 0.3) is 0 Å². The quantitative estimate of drug-likeness (QED) is 0.396. The number of aliphatic carboxylic acids is 1. The van der Waals surface area contributed by atoms with Crippen LogP contribution in [-0.2, 0) is 16.0 Å². The van der Waals surface area contributed by atoms with Crippen molar-refractivity contribution in [2.24, 2.45) is 0 Å². The molecule has 2 aliphatic rings. The molecule has 3 N–H and O–H groups in total. The van der Waals surface area contributed by atoms with Crippen LogP contribution >= 0.6 is 11.6 Å². The Morgan fingerprint density at radius 2 is 1.77 bits per heavy atom. The van der Waals surface area contributed by atoms with Gasteiger partial charge in [-0.1, -0.05) is 54.4 Å². The number of hydrogen-bond donors (Lipinski definition) is 3. The molecule has 2 saturated heterocycles. The normalized spacial score (nSPS) is 19.9. The minimum atomic E-state index is -1.16. The van der Waals surface area contributed by atoms with Crippen LogP contribution in [0.1, 0.15) is 52.5 Å². The number of carbonyl (C=O) groups is 3. The SMILES string of the molecule is Cc1cccc(Cl)c1C(=O)N[C@@H](Cc1ccc(N2C(=O)[C@@H]3CCCCN3C2c2ccc(O)cc2)cc1)C(=O)O. The van der Waals surface area contributed by atoms with Crippen molar-refractivity contribution in [3.8, 4) is 5.75 Å². The number of aryl methyl sites for hydroxylation is 1. The molecule has 2 aliphatic heterocycles. The number of aromatic hydroxyl groups is 1. The minimum absolute atomic E-state index is 0.0336. The molecule has 2 fully saturated rings. The Morgan fingerprint density at radius 3 is 2.44 bits per heavy atom. The summed E-state index contributed by atoms with van der Waals surface area (Å²) in [7, 11) is 0. The van der Waals surface area contributed by atoms with Crippen LogP contribution in [0.4, 0.5) is 5.69 Å². The fourth-order valence-electron chi connectivity index (χ4n) is 5.57.